The Bertz CT molecular complexity index is 863. The maximum atomic E-state index is 12.8. The van der Waals surface area contributed by atoms with E-state index in [2.05, 4.69) is 15.1 Å². The van der Waals surface area contributed by atoms with Gasteiger partial charge in [-0.3, -0.25) is 9.48 Å². The number of carbonyl (C=O) groups excluding carboxylic acids is 1. The molecule has 1 aliphatic heterocycles. The predicted octanol–water partition coefficient (Wildman–Crippen LogP) is 2.01. The van der Waals surface area contributed by atoms with E-state index in [-0.39, 0.29) is 5.91 Å². The minimum atomic E-state index is 0.0518. The highest BCUT2D eigenvalue weighted by molar-refractivity contribution is 5.95. The van der Waals surface area contributed by atoms with Crippen LogP contribution in [0.5, 0.6) is 0 Å². The molecule has 0 fully saturated rings. The van der Waals surface area contributed by atoms with Gasteiger partial charge in [0.1, 0.15) is 0 Å². The summed E-state index contributed by atoms with van der Waals surface area (Å²) in [6.07, 6.45) is 6.25. The van der Waals surface area contributed by atoms with Crippen molar-refractivity contribution in [2.75, 3.05) is 6.54 Å². The first kappa shape index (κ1) is 13.8. The molecular formula is C17H17N5O. The number of carbonyl (C=O) groups is 1. The number of hydrogen-bond donors (Lipinski definition) is 1. The van der Waals surface area contributed by atoms with Crippen LogP contribution in [0.4, 0.5) is 0 Å². The van der Waals surface area contributed by atoms with Crippen LogP contribution >= 0.6 is 0 Å². The third-order valence-corrected chi connectivity index (χ3v) is 4.21. The molecule has 0 radical (unpaired) electrons. The Kier molecular flexibility index (Phi) is 3.22. The van der Waals surface area contributed by atoms with Crippen molar-refractivity contribution >= 4 is 5.91 Å². The van der Waals surface area contributed by atoms with E-state index in [1.165, 1.54) is 0 Å². The largest absolute Gasteiger partial charge is 0.347 e. The van der Waals surface area contributed by atoms with Crippen molar-refractivity contribution in [2.24, 2.45) is 7.05 Å². The number of fused-ring (bicyclic) bond motifs is 1. The predicted molar refractivity (Wildman–Crippen MR) is 85.7 cm³/mol. The number of aryl methyl sites for hydroxylation is 1. The number of amides is 1. The summed E-state index contributed by atoms with van der Waals surface area (Å²) in [5.74, 6) is 0.0518. The van der Waals surface area contributed by atoms with E-state index >= 15 is 0 Å². The number of benzene rings is 1. The Labute approximate surface area is 133 Å². The molecule has 4 rings (SSSR count). The Balaban J connectivity index is 1.60. The Morgan fingerprint density at radius 2 is 2.22 bits per heavy atom. The summed E-state index contributed by atoms with van der Waals surface area (Å²) in [5, 5.41) is 4.19. The van der Waals surface area contributed by atoms with Gasteiger partial charge < -0.3 is 9.88 Å². The molecule has 3 aromatic rings. The minimum absolute atomic E-state index is 0.0518. The van der Waals surface area contributed by atoms with Crippen molar-refractivity contribution in [1.82, 2.24) is 24.6 Å². The second-order valence-electron chi connectivity index (χ2n) is 5.79. The van der Waals surface area contributed by atoms with E-state index in [1.54, 1.807) is 17.2 Å². The standard InChI is InChI=1S/C17H17N5O/c1-21-9-14(8-20-21)12-3-2-4-13(7-12)17(23)22-6-5-15-16(10-22)19-11-18-15/h2-4,7-9,11H,5-6,10H2,1H3,(H,18,19). The molecule has 0 aliphatic carbocycles. The summed E-state index contributed by atoms with van der Waals surface area (Å²) in [6, 6.07) is 7.71. The van der Waals surface area contributed by atoms with E-state index in [0.29, 0.717) is 18.7 Å². The second-order valence-corrected chi connectivity index (χ2v) is 5.79. The molecule has 0 saturated carbocycles. The highest BCUT2D eigenvalue weighted by Gasteiger charge is 2.23. The summed E-state index contributed by atoms with van der Waals surface area (Å²) in [4.78, 5) is 22.0. The van der Waals surface area contributed by atoms with Crippen molar-refractivity contribution in [1.29, 1.82) is 0 Å². The van der Waals surface area contributed by atoms with Gasteiger partial charge in [0, 0.05) is 37.3 Å². The second kappa shape index (κ2) is 5.39. The van der Waals surface area contributed by atoms with Gasteiger partial charge in [-0.25, -0.2) is 4.98 Å². The summed E-state index contributed by atoms with van der Waals surface area (Å²) < 4.78 is 1.76. The Morgan fingerprint density at radius 1 is 1.30 bits per heavy atom. The molecule has 3 heterocycles. The molecule has 23 heavy (non-hydrogen) atoms. The van der Waals surface area contributed by atoms with Crippen molar-refractivity contribution < 1.29 is 4.79 Å². The van der Waals surface area contributed by atoms with E-state index in [0.717, 1.165) is 28.9 Å². The van der Waals surface area contributed by atoms with Gasteiger partial charge in [0.25, 0.3) is 5.91 Å². The first-order valence-electron chi connectivity index (χ1n) is 7.60. The van der Waals surface area contributed by atoms with Gasteiger partial charge in [0.2, 0.25) is 0 Å². The topological polar surface area (TPSA) is 66.8 Å². The zero-order valence-electron chi connectivity index (χ0n) is 12.9. The number of nitrogens with zero attached hydrogens (tertiary/aromatic N) is 4. The summed E-state index contributed by atoms with van der Waals surface area (Å²) in [6.45, 7) is 1.29. The molecule has 116 valence electrons. The molecule has 6 heteroatoms. The van der Waals surface area contributed by atoms with Crippen LogP contribution in [-0.4, -0.2) is 37.1 Å². The molecule has 0 saturated heterocycles. The normalized spacial score (nSPS) is 13.9. The third kappa shape index (κ3) is 2.52. The van der Waals surface area contributed by atoms with Gasteiger partial charge in [-0.1, -0.05) is 12.1 Å². The fourth-order valence-corrected chi connectivity index (χ4v) is 2.97. The average molecular weight is 307 g/mol. The SMILES string of the molecule is Cn1cc(-c2cccc(C(=O)N3CCc4nc[nH]c4C3)c2)cn1. The van der Waals surface area contributed by atoms with Crippen LogP contribution in [0.2, 0.25) is 0 Å². The molecule has 0 spiro atoms. The number of hydrogen-bond acceptors (Lipinski definition) is 3. The Morgan fingerprint density at radius 3 is 3.04 bits per heavy atom. The van der Waals surface area contributed by atoms with Crippen LogP contribution in [0, 0.1) is 0 Å². The highest BCUT2D eigenvalue weighted by Crippen LogP contribution is 2.22. The summed E-state index contributed by atoms with van der Waals surface area (Å²) in [5.41, 5.74) is 4.82. The van der Waals surface area contributed by atoms with Crippen LogP contribution in [0.15, 0.2) is 43.0 Å². The van der Waals surface area contributed by atoms with E-state index in [1.807, 2.05) is 42.4 Å². The van der Waals surface area contributed by atoms with Crippen LogP contribution in [0.1, 0.15) is 21.7 Å². The minimum Gasteiger partial charge on any atom is -0.347 e. The first-order chi connectivity index (χ1) is 11.2. The first-order valence-corrected chi connectivity index (χ1v) is 7.60. The van der Waals surface area contributed by atoms with Crippen molar-refractivity contribution in [3.63, 3.8) is 0 Å². The number of aromatic amines is 1. The van der Waals surface area contributed by atoms with E-state index < -0.39 is 0 Å². The van der Waals surface area contributed by atoms with Gasteiger partial charge in [0.05, 0.1) is 30.5 Å². The van der Waals surface area contributed by atoms with Gasteiger partial charge in [-0.15, -0.1) is 0 Å². The number of rotatable bonds is 2. The van der Waals surface area contributed by atoms with E-state index in [9.17, 15) is 4.79 Å². The highest BCUT2D eigenvalue weighted by atomic mass is 16.2. The summed E-state index contributed by atoms with van der Waals surface area (Å²) >= 11 is 0. The molecule has 2 aromatic heterocycles. The smallest absolute Gasteiger partial charge is 0.254 e. The molecular weight excluding hydrogens is 290 g/mol. The number of nitrogens with one attached hydrogen (secondary N) is 1. The maximum absolute atomic E-state index is 12.8. The zero-order valence-corrected chi connectivity index (χ0v) is 12.9. The lowest BCUT2D eigenvalue weighted by Crippen LogP contribution is -2.36. The maximum Gasteiger partial charge on any atom is 0.254 e. The van der Waals surface area contributed by atoms with Crippen molar-refractivity contribution in [3.8, 4) is 11.1 Å². The molecule has 0 bridgehead atoms. The van der Waals surface area contributed by atoms with Gasteiger partial charge in [-0.05, 0) is 17.7 Å². The molecule has 1 aromatic carbocycles. The fraction of sp³-hybridized carbons (Fsp3) is 0.235. The number of H-pyrrole nitrogens is 1. The van der Waals surface area contributed by atoms with E-state index in [4.69, 9.17) is 0 Å². The lowest BCUT2D eigenvalue weighted by atomic mass is 10.0. The van der Waals surface area contributed by atoms with Crippen LogP contribution in [-0.2, 0) is 20.0 Å². The van der Waals surface area contributed by atoms with Crippen molar-refractivity contribution in [3.05, 3.63) is 59.9 Å². The fourth-order valence-electron chi connectivity index (χ4n) is 2.97. The molecule has 1 amide bonds. The van der Waals surface area contributed by atoms with Crippen molar-refractivity contribution in [2.45, 2.75) is 13.0 Å². The summed E-state index contributed by atoms with van der Waals surface area (Å²) in [7, 11) is 1.88. The molecule has 6 nitrogen and oxygen atoms in total. The molecule has 1 N–H and O–H groups in total. The third-order valence-electron chi connectivity index (χ3n) is 4.21. The number of imidazole rings is 1. The van der Waals surface area contributed by atoms with Crippen LogP contribution in [0.3, 0.4) is 0 Å². The molecule has 0 unspecified atom stereocenters. The molecule has 0 atom stereocenters. The lowest BCUT2D eigenvalue weighted by molar-refractivity contribution is 0.0732. The van der Waals surface area contributed by atoms with Gasteiger partial charge in [-0.2, -0.15) is 5.10 Å². The van der Waals surface area contributed by atoms with Gasteiger partial charge in [0.15, 0.2) is 0 Å². The molecule has 1 aliphatic rings. The van der Waals surface area contributed by atoms with Crippen LogP contribution in [0.25, 0.3) is 11.1 Å². The number of aromatic nitrogens is 4. The lowest BCUT2D eigenvalue weighted by Gasteiger charge is -2.26. The zero-order chi connectivity index (χ0) is 15.8. The van der Waals surface area contributed by atoms with Gasteiger partial charge >= 0.3 is 0 Å². The Hall–Kier alpha value is -2.89. The van der Waals surface area contributed by atoms with Crippen LogP contribution < -0.4 is 0 Å². The quantitative estimate of drug-likeness (QED) is 0.787. The average Bonchev–Trinajstić information content (AvgIpc) is 3.22. The monoisotopic (exact) mass is 307 g/mol.